The van der Waals surface area contributed by atoms with Gasteiger partial charge in [0.1, 0.15) is 0 Å². The average Bonchev–Trinajstić information content (AvgIpc) is 2.46. The lowest BCUT2D eigenvalue weighted by molar-refractivity contribution is 0.366. The summed E-state index contributed by atoms with van der Waals surface area (Å²) in [6, 6.07) is 3.70. The number of pyridine rings is 2. The van der Waals surface area contributed by atoms with E-state index in [1.54, 1.807) is 27.5 Å². The summed E-state index contributed by atoms with van der Waals surface area (Å²) in [7, 11) is 10.1. The molecule has 0 amide bonds. The predicted molar refractivity (Wildman–Crippen MR) is 85.8 cm³/mol. The lowest BCUT2D eigenvalue weighted by atomic mass is 10.1. The van der Waals surface area contributed by atoms with Crippen LogP contribution < -0.4 is 24.8 Å². The van der Waals surface area contributed by atoms with Gasteiger partial charge in [-0.25, -0.2) is 4.98 Å². The first-order valence-corrected chi connectivity index (χ1v) is 6.95. The van der Waals surface area contributed by atoms with Gasteiger partial charge in [0.25, 0.3) is 0 Å². The number of hydrogen-bond donors (Lipinski definition) is 0. The number of ether oxygens (including phenoxy) is 3. The number of rotatable bonds is 4. The fraction of sp³-hybridized carbons (Fsp3) is 0.231. The Morgan fingerprint density at radius 2 is 1.55 bits per heavy atom. The maximum Gasteiger partial charge on any atom is 0.225 e. The molecule has 0 spiro atoms. The summed E-state index contributed by atoms with van der Waals surface area (Å²) >= 11 is 0. The summed E-state index contributed by atoms with van der Waals surface area (Å²) in [6.45, 7) is 0. The van der Waals surface area contributed by atoms with Gasteiger partial charge in [-0.15, -0.1) is 18.5 Å². The van der Waals surface area contributed by atoms with Crippen LogP contribution in [0.5, 0.6) is 17.6 Å². The molecular weight excluding hydrogens is 294 g/mol. The minimum Gasteiger partial charge on any atom is -0.481 e. The molecule has 0 aliphatic heterocycles. The molecule has 0 fully saturated rings. The molecule has 0 aliphatic carbocycles. The Hall–Kier alpha value is -1.44. The Bertz CT molecular complexity index is 635. The lowest BCUT2D eigenvalue weighted by Gasteiger charge is -2.16. The second kappa shape index (κ2) is 6.34. The minimum absolute atomic E-state index is 0.462. The van der Waals surface area contributed by atoms with Gasteiger partial charge in [-0.05, 0) is 16.7 Å². The number of nitrogens with zero attached hydrogens (tertiary/aromatic N) is 2. The highest BCUT2D eigenvalue weighted by Gasteiger charge is 2.20. The molecule has 2 aromatic rings. The molecule has 2 heterocycles. The van der Waals surface area contributed by atoms with Crippen LogP contribution in [0.25, 0.3) is 11.1 Å². The van der Waals surface area contributed by atoms with E-state index in [0.717, 1.165) is 21.7 Å². The Morgan fingerprint density at radius 1 is 0.900 bits per heavy atom. The highest BCUT2D eigenvalue weighted by molar-refractivity contribution is 7.29. The average molecular weight is 310 g/mol. The number of methoxy groups -OCH3 is 3. The van der Waals surface area contributed by atoms with Gasteiger partial charge in [0.2, 0.25) is 17.6 Å². The van der Waals surface area contributed by atoms with Crippen molar-refractivity contribution >= 4 is 29.1 Å². The molecule has 2 unspecified atom stereocenters. The van der Waals surface area contributed by atoms with Crippen molar-refractivity contribution in [2.75, 3.05) is 21.3 Å². The Kier molecular flexibility index (Phi) is 4.74. The molecule has 0 bridgehead atoms. The van der Waals surface area contributed by atoms with Crippen LogP contribution >= 0.6 is 18.5 Å². The molecule has 0 radical (unpaired) electrons. The van der Waals surface area contributed by atoms with E-state index in [4.69, 9.17) is 14.2 Å². The number of aromatic nitrogens is 2. The predicted octanol–water partition coefficient (Wildman–Crippen LogP) is 1.17. The van der Waals surface area contributed by atoms with E-state index in [9.17, 15) is 0 Å². The van der Waals surface area contributed by atoms with E-state index in [1.807, 2.05) is 12.1 Å². The topological polar surface area (TPSA) is 53.5 Å². The Labute approximate surface area is 122 Å². The van der Waals surface area contributed by atoms with Crippen LogP contribution in [0.15, 0.2) is 18.3 Å². The van der Waals surface area contributed by atoms with Crippen LogP contribution in [-0.2, 0) is 0 Å². The molecule has 7 heteroatoms. The van der Waals surface area contributed by atoms with Crippen molar-refractivity contribution in [2.24, 2.45) is 0 Å². The van der Waals surface area contributed by atoms with E-state index < -0.39 is 0 Å². The fourth-order valence-corrected chi connectivity index (χ4v) is 2.65. The van der Waals surface area contributed by atoms with Gasteiger partial charge in [-0.1, -0.05) is 0 Å². The van der Waals surface area contributed by atoms with Gasteiger partial charge < -0.3 is 14.2 Å². The lowest BCUT2D eigenvalue weighted by Crippen LogP contribution is -2.11. The highest BCUT2D eigenvalue weighted by atomic mass is 31.0. The molecule has 2 atom stereocenters. The first kappa shape index (κ1) is 15.0. The van der Waals surface area contributed by atoms with Crippen LogP contribution in [0.2, 0.25) is 0 Å². The third-order valence-corrected chi connectivity index (χ3v) is 3.72. The van der Waals surface area contributed by atoms with Crippen LogP contribution in [0.1, 0.15) is 0 Å². The van der Waals surface area contributed by atoms with Crippen LogP contribution in [0, 0.1) is 0 Å². The molecule has 106 valence electrons. The van der Waals surface area contributed by atoms with E-state index in [0.29, 0.717) is 17.6 Å². The fourth-order valence-electron chi connectivity index (χ4n) is 1.88. The van der Waals surface area contributed by atoms with Crippen LogP contribution in [-0.4, -0.2) is 31.3 Å². The van der Waals surface area contributed by atoms with Gasteiger partial charge in [0, 0.05) is 12.3 Å². The van der Waals surface area contributed by atoms with Crippen molar-refractivity contribution in [3.05, 3.63) is 18.3 Å². The van der Waals surface area contributed by atoms with Gasteiger partial charge in [-0.3, -0.25) is 0 Å². The summed E-state index contributed by atoms with van der Waals surface area (Å²) in [5.74, 6) is 1.47. The summed E-state index contributed by atoms with van der Waals surface area (Å²) in [6.07, 6.45) is 1.69. The van der Waals surface area contributed by atoms with E-state index >= 15 is 0 Å². The van der Waals surface area contributed by atoms with Gasteiger partial charge in [-0.2, -0.15) is 4.98 Å². The van der Waals surface area contributed by atoms with Crippen molar-refractivity contribution in [1.82, 2.24) is 9.97 Å². The largest absolute Gasteiger partial charge is 0.481 e. The van der Waals surface area contributed by atoms with Gasteiger partial charge in [0.15, 0.2) is 0 Å². The highest BCUT2D eigenvalue weighted by Crippen LogP contribution is 2.34. The quantitative estimate of drug-likeness (QED) is 0.794. The zero-order chi connectivity index (χ0) is 14.7. The van der Waals surface area contributed by atoms with Crippen molar-refractivity contribution in [2.45, 2.75) is 0 Å². The minimum atomic E-state index is 0.462. The van der Waals surface area contributed by atoms with E-state index in [-0.39, 0.29) is 0 Å². The Morgan fingerprint density at radius 3 is 2.15 bits per heavy atom. The van der Waals surface area contributed by atoms with E-state index in [2.05, 4.69) is 28.4 Å². The molecule has 0 N–H and O–H groups in total. The van der Waals surface area contributed by atoms with Crippen molar-refractivity contribution in [3.8, 4) is 28.8 Å². The van der Waals surface area contributed by atoms with E-state index in [1.165, 1.54) is 0 Å². The zero-order valence-corrected chi connectivity index (χ0v) is 13.8. The number of hydrogen-bond acceptors (Lipinski definition) is 5. The summed E-state index contributed by atoms with van der Waals surface area (Å²) in [5.41, 5.74) is 1.64. The second-order valence-corrected chi connectivity index (χ2v) is 5.17. The molecule has 2 aromatic heterocycles. The molecule has 5 nitrogen and oxygen atoms in total. The smallest absolute Gasteiger partial charge is 0.225 e. The first-order chi connectivity index (χ1) is 9.62. The normalized spacial score (nSPS) is 10.2. The third-order valence-electron chi connectivity index (χ3n) is 2.79. The maximum atomic E-state index is 5.38. The summed E-state index contributed by atoms with van der Waals surface area (Å²) < 4.78 is 15.9. The van der Waals surface area contributed by atoms with Crippen LogP contribution in [0.4, 0.5) is 0 Å². The molecule has 0 aromatic carbocycles. The molecule has 20 heavy (non-hydrogen) atoms. The van der Waals surface area contributed by atoms with Crippen molar-refractivity contribution in [3.63, 3.8) is 0 Å². The Balaban J connectivity index is 2.76. The van der Waals surface area contributed by atoms with Crippen molar-refractivity contribution < 1.29 is 14.2 Å². The SMILES string of the molecule is COc1cc(P)c(-c2c(P)ccnc2OC)c(OC)n1. The molecule has 0 aliphatic rings. The molecule has 2 rings (SSSR count). The second-order valence-electron chi connectivity index (χ2n) is 3.92. The van der Waals surface area contributed by atoms with Crippen LogP contribution in [0.3, 0.4) is 0 Å². The maximum absolute atomic E-state index is 5.38. The molecule has 0 saturated carbocycles. The summed E-state index contributed by atoms with van der Waals surface area (Å²) in [5, 5.41) is 1.84. The standard InChI is InChI=1S/C13H16N2O3P2/c1-16-9-6-8(20)11(13(15-9)18-3)10-7(19)4-5-14-12(10)17-2/h4-6H,19-20H2,1-3H3. The van der Waals surface area contributed by atoms with Gasteiger partial charge >= 0.3 is 0 Å². The monoisotopic (exact) mass is 310 g/mol. The van der Waals surface area contributed by atoms with Crippen molar-refractivity contribution in [1.29, 1.82) is 0 Å². The molecule has 0 saturated heterocycles. The first-order valence-electron chi connectivity index (χ1n) is 5.79. The zero-order valence-electron chi connectivity index (χ0n) is 11.5. The summed E-state index contributed by atoms with van der Waals surface area (Å²) in [4.78, 5) is 8.55. The third kappa shape index (κ3) is 2.70. The molecular formula is C13H16N2O3P2. The van der Waals surface area contributed by atoms with Gasteiger partial charge in [0.05, 0.1) is 32.5 Å².